The zero-order chi connectivity index (χ0) is 12.4. The zero-order valence-electron chi connectivity index (χ0n) is 10.6. The lowest BCUT2D eigenvalue weighted by atomic mass is 10.1. The van der Waals surface area contributed by atoms with Crippen molar-refractivity contribution in [2.24, 2.45) is 0 Å². The molecule has 94 valence electrons. The maximum absolute atomic E-state index is 11.4. The lowest BCUT2D eigenvalue weighted by Crippen LogP contribution is -2.38. The summed E-state index contributed by atoms with van der Waals surface area (Å²) in [6.07, 6.45) is 4.81. The summed E-state index contributed by atoms with van der Waals surface area (Å²) in [5.74, 6) is -0.0466. The van der Waals surface area contributed by atoms with Gasteiger partial charge in [0.1, 0.15) is 5.78 Å². The van der Waals surface area contributed by atoms with Crippen LogP contribution < -0.4 is 10.6 Å². The molecule has 0 spiro atoms. The summed E-state index contributed by atoms with van der Waals surface area (Å²) in [4.78, 5) is 22.5. The van der Waals surface area contributed by atoms with Gasteiger partial charge in [-0.05, 0) is 20.4 Å². The first-order chi connectivity index (χ1) is 7.61. The first-order valence-electron chi connectivity index (χ1n) is 6.06. The van der Waals surface area contributed by atoms with Gasteiger partial charge < -0.3 is 10.6 Å². The Morgan fingerprint density at radius 2 is 1.88 bits per heavy atom. The Morgan fingerprint density at radius 3 is 2.38 bits per heavy atom. The van der Waals surface area contributed by atoms with Gasteiger partial charge in [-0.15, -0.1) is 0 Å². The van der Waals surface area contributed by atoms with Crippen molar-refractivity contribution in [3.8, 4) is 0 Å². The molecule has 0 saturated heterocycles. The summed E-state index contributed by atoms with van der Waals surface area (Å²) >= 11 is 0. The molecule has 1 atom stereocenters. The second kappa shape index (κ2) is 9.33. The summed E-state index contributed by atoms with van der Waals surface area (Å²) in [5.41, 5.74) is 0. The lowest BCUT2D eigenvalue weighted by molar-refractivity contribution is -0.126. The number of carbonyl (C=O) groups is 2. The van der Waals surface area contributed by atoms with E-state index in [2.05, 4.69) is 17.6 Å². The number of hydrogen-bond acceptors (Lipinski definition) is 3. The van der Waals surface area contributed by atoms with Crippen LogP contribution in [0.2, 0.25) is 0 Å². The quantitative estimate of drug-likeness (QED) is 0.584. The molecule has 0 aliphatic heterocycles. The summed E-state index contributed by atoms with van der Waals surface area (Å²) in [7, 11) is 1.70. The minimum atomic E-state index is -0.351. The Bertz CT molecular complexity index is 217. The van der Waals surface area contributed by atoms with E-state index in [1.807, 2.05) is 0 Å². The molecular weight excluding hydrogens is 204 g/mol. The van der Waals surface area contributed by atoms with Crippen molar-refractivity contribution in [2.45, 2.75) is 52.0 Å². The highest BCUT2D eigenvalue weighted by atomic mass is 16.2. The highest BCUT2D eigenvalue weighted by molar-refractivity contribution is 5.88. The predicted molar refractivity (Wildman–Crippen MR) is 65.3 cm³/mol. The van der Waals surface area contributed by atoms with Crippen molar-refractivity contribution in [1.29, 1.82) is 0 Å². The third-order valence-electron chi connectivity index (χ3n) is 2.58. The number of carbonyl (C=O) groups excluding carboxylic acids is 2. The SMILES string of the molecule is CCCCCCNC(=O)CC(NC)C(C)=O. The minimum Gasteiger partial charge on any atom is -0.356 e. The number of amides is 1. The number of unbranched alkanes of at least 4 members (excludes halogenated alkanes) is 3. The molecule has 4 nitrogen and oxygen atoms in total. The van der Waals surface area contributed by atoms with Gasteiger partial charge in [-0.3, -0.25) is 9.59 Å². The summed E-state index contributed by atoms with van der Waals surface area (Å²) in [6, 6.07) is -0.351. The van der Waals surface area contributed by atoms with E-state index in [0.717, 1.165) is 12.8 Å². The Balaban J connectivity index is 3.61. The monoisotopic (exact) mass is 228 g/mol. The van der Waals surface area contributed by atoms with Crippen molar-refractivity contribution in [3.63, 3.8) is 0 Å². The molecule has 0 aromatic rings. The van der Waals surface area contributed by atoms with Crippen molar-refractivity contribution in [3.05, 3.63) is 0 Å². The van der Waals surface area contributed by atoms with Gasteiger partial charge in [0.05, 0.1) is 6.04 Å². The Kier molecular flexibility index (Phi) is 8.81. The molecule has 0 aromatic carbocycles. The van der Waals surface area contributed by atoms with E-state index in [4.69, 9.17) is 0 Å². The maximum atomic E-state index is 11.4. The molecule has 0 heterocycles. The van der Waals surface area contributed by atoms with Gasteiger partial charge in [-0.1, -0.05) is 26.2 Å². The van der Waals surface area contributed by atoms with E-state index < -0.39 is 0 Å². The highest BCUT2D eigenvalue weighted by Crippen LogP contribution is 1.98. The van der Waals surface area contributed by atoms with Crippen LogP contribution in [0.3, 0.4) is 0 Å². The van der Waals surface area contributed by atoms with Crippen molar-refractivity contribution < 1.29 is 9.59 Å². The number of rotatable bonds is 9. The summed E-state index contributed by atoms with van der Waals surface area (Å²) in [5, 5.41) is 5.66. The average molecular weight is 228 g/mol. The van der Waals surface area contributed by atoms with Gasteiger partial charge in [0.2, 0.25) is 5.91 Å². The Morgan fingerprint density at radius 1 is 1.19 bits per heavy atom. The second-order valence-electron chi connectivity index (χ2n) is 4.07. The summed E-state index contributed by atoms with van der Waals surface area (Å²) in [6.45, 7) is 4.37. The Labute approximate surface area is 98.2 Å². The number of hydrogen-bond donors (Lipinski definition) is 2. The predicted octanol–water partition coefficient (Wildman–Crippen LogP) is 1.25. The highest BCUT2D eigenvalue weighted by Gasteiger charge is 2.15. The number of nitrogens with one attached hydrogen (secondary N) is 2. The van der Waals surface area contributed by atoms with Crippen LogP contribution in [0.4, 0.5) is 0 Å². The van der Waals surface area contributed by atoms with Gasteiger partial charge in [0.25, 0.3) is 0 Å². The molecule has 1 amide bonds. The maximum Gasteiger partial charge on any atom is 0.222 e. The smallest absolute Gasteiger partial charge is 0.222 e. The van der Waals surface area contributed by atoms with Crippen LogP contribution in [-0.2, 0) is 9.59 Å². The van der Waals surface area contributed by atoms with Gasteiger partial charge in [-0.25, -0.2) is 0 Å². The van der Waals surface area contributed by atoms with Crippen LogP contribution in [0, 0.1) is 0 Å². The largest absolute Gasteiger partial charge is 0.356 e. The van der Waals surface area contributed by atoms with Crippen molar-refractivity contribution in [1.82, 2.24) is 10.6 Å². The molecule has 0 aromatic heterocycles. The standard InChI is InChI=1S/C12H24N2O2/c1-4-5-6-7-8-14-12(16)9-11(13-3)10(2)15/h11,13H,4-9H2,1-3H3,(H,14,16). The zero-order valence-corrected chi connectivity index (χ0v) is 10.6. The molecular formula is C12H24N2O2. The van der Waals surface area contributed by atoms with E-state index in [1.54, 1.807) is 7.05 Å². The van der Waals surface area contributed by atoms with E-state index >= 15 is 0 Å². The van der Waals surface area contributed by atoms with E-state index in [-0.39, 0.29) is 24.2 Å². The van der Waals surface area contributed by atoms with Gasteiger partial charge in [0, 0.05) is 13.0 Å². The van der Waals surface area contributed by atoms with Crippen LogP contribution >= 0.6 is 0 Å². The molecule has 0 bridgehead atoms. The van der Waals surface area contributed by atoms with E-state index in [9.17, 15) is 9.59 Å². The van der Waals surface area contributed by atoms with E-state index in [0.29, 0.717) is 6.54 Å². The molecule has 2 N–H and O–H groups in total. The fourth-order valence-electron chi connectivity index (χ4n) is 1.49. The van der Waals surface area contributed by atoms with Crippen molar-refractivity contribution >= 4 is 11.7 Å². The third kappa shape index (κ3) is 7.40. The average Bonchev–Trinajstić information content (AvgIpc) is 2.25. The normalized spacial score (nSPS) is 12.2. The molecule has 0 rings (SSSR count). The molecule has 1 unspecified atom stereocenters. The second-order valence-corrected chi connectivity index (χ2v) is 4.07. The van der Waals surface area contributed by atoms with Gasteiger partial charge in [0.15, 0.2) is 0 Å². The minimum absolute atomic E-state index is 0.00336. The lowest BCUT2D eigenvalue weighted by Gasteiger charge is -2.12. The fraction of sp³-hybridized carbons (Fsp3) is 0.833. The fourth-order valence-corrected chi connectivity index (χ4v) is 1.49. The molecule has 0 saturated carbocycles. The number of Topliss-reactive ketones (excluding diaryl/α,β-unsaturated/α-hetero) is 1. The van der Waals surface area contributed by atoms with Crippen LogP contribution in [0.15, 0.2) is 0 Å². The molecule has 0 radical (unpaired) electrons. The molecule has 0 aliphatic rings. The third-order valence-corrected chi connectivity index (χ3v) is 2.58. The number of likely N-dealkylation sites (N-methyl/N-ethyl adjacent to an activating group) is 1. The van der Waals surface area contributed by atoms with Crippen molar-refractivity contribution in [2.75, 3.05) is 13.6 Å². The molecule has 0 fully saturated rings. The van der Waals surface area contributed by atoms with Crippen LogP contribution in [0.5, 0.6) is 0 Å². The Hall–Kier alpha value is -0.900. The van der Waals surface area contributed by atoms with Gasteiger partial charge >= 0.3 is 0 Å². The number of ketones is 1. The summed E-state index contributed by atoms with van der Waals surface area (Å²) < 4.78 is 0. The first-order valence-corrected chi connectivity index (χ1v) is 6.06. The van der Waals surface area contributed by atoms with Gasteiger partial charge in [-0.2, -0.15) is 0 Å². The first kappa shape index (κ1) is 15.1. The van der Waals surface area contributed by atoms with Crippen LogP contribution in [0.1, 0.15) is 46.0 Å². The molecule has 0 aliphatic carbocycles. The molecule has 4 heteroatoms. The van der Waals surface area contributed by atoms with Crippen LogP contribution in [-0.4, -0.2) is 31.3 Å². The molecule has 16 heavy (non-hydrogen) atoms. The van der Waals surface area contributed by atoms with Crippen LogP contribution in [0.25, 0.3) is 0 Å². The topological polar surface area (TPSA) is 58.2 Å². The van der Waals surface area contributed by atoms with E-state index in [1.165, 1.54) is 19.8 Å².